The SMILES string of the molecule is O=[N+]([O-])c1ccc(NS(=O)(=O)c2ccc(Br)cc2)c([N+](=O)[O-])c1. The lowest BCUT2D eigenvalue weighted by Gasteiger charge is -2.08. The van der Waals surface area contributed by atoms with Gasteiger partial charge in [-0.05, 0) is 30.3 Å². The Hall–Kier alpha value is -2.53. The van der Waals surface area contributed by atoms with Gasteiger partial charge in [0.1, 0.15) is 5.69 Å². The van der Waals surface area contributed by atoms with Gasteiger partial charge in [0, 0.05) is 10.5 Å². The summed E-state index contributed by atoms with van der Waals surface area (Å²) >= 11 is 3.16. The molecule has 0 unspecified atom stereocenters. The second-order valence-corrected chi connectivity index (χ2v) is 6.87. The van der Waals surface area contributed by atoms with Gasteiger partial charge in [-0.25, -0.2) is 8.42 Å². The molecule has 120 valence electrons. The lowest BCUT2D eigenvalue weighted by Crippen LogP contribution is -2.14. The lowest BCUT2D eigenvalue weighted by atomic mass is 10.2. The van der Waals surface area contributed by atoms with Gasteiger partial charge in [-0.3, -0.25) is 25.0 Å². The first kappa shape index (κ1) is 16.8. The molecule has 0 aliphatic carbocycles. The minimum atomic E-state index is -4.06. The number of nitro groups is 2. The zero-order valence-electron chi connectivity index (χ0n) is 11.2. The van der Waals surface area contributed by atoms with Gasteiger partial charge in [0.15, 0.2) is 0 Å². The average Bonchev–Trinajstić information content (AvgIpc) is 2.47. The van der Waals surface area contributed by atoms with E-state index in [1.54, 1.807) is 0 Å². The highest BCUT2D eigenvalue weighted by atomic mass is 79.9. The minimum Gasteiger partial charge on any atom is -0.273 e. The molecule has 23 heavy (non-hydrogen) atoms. The van der Waals surface area contributed by atoms with Crippen molar-refractivity contribution < 1.29 is 18.3 Å². The molecule has 0 fully saturated rings. The predicted octanol–water partition coefficient (Wildman–Crippen LogP) is 3.07. The molecule has 9 nitrogen and oxygen atoms in total. The summed E-state index contributed by atoms with van der Waals surface area (Å²) < 4.78 is 27.2. The van der Waals surface area contributed by atoms with E-state index in [-0.39, 0.29) is 10.6 Å². The van der Waals surface area contributed by atoms with Crippen molar-refractivity contribution in [3.63, 3.8) is 0 Å². The Morgan fingerprint density at radius 2 is 1.57 bits per heavy atom. The highest BCUT2D eigenvalue weighted by Gasteiger charge is 2.23. The van der Waals surface area contributed by atoms with Crippen molar-refractivity contribution in [1.29, 1.82) is 0 Å². The van der Waals surface area contributed by atoms with E-state index in [0.717, 1.165) is 12.1 Å². The molecule has 0 saturated heterocycles. The van der Waals surface area contributed by atoms with Crippen LogP contribution in [0.3, 0.4) is 0 Å². The van der Waals surface area contributed by atoms with Crippen LogP contribution in [0, 0.1) is 20.2 Å². The van der Waals surface area contributed by atoms with Crippen LogP contribution in [-0.4, -0.2) is 18.3 Å². The molecule has 0 spiro atoms. The minimum absolute atomic E-state index is 0.103. The fourth-order valence-corrected chi connectivity index (χ4v) is 3.03. The van der Waals surface area contributed by atoms with Crippen LogP contribution in [0.25, 0.3) is 0 Å². The standard InChI is InChI=1S/C12H8BrN3O6S/c13-8-1-4-10(5-2-8)23(21,22)14-11-6-3-9(15(17)18)7-12(11)16(19)20/h1-7,14H. The molecule has 11 heteroatoms. The molecule has 2 aromatic rings. The maximum Gasteiger partial charge on any atom is 0.300 e. The second-order valence-electron chi connectivity index (χ2n) is 4.28. The number of non-ortho nitro benzene ring substituents is 1. The maximum absolute atomic E-state index is 12.2. The lowest BCUT2D eigenvalue weighted by molar-refractivity contribution is -0.393. The summed E-state index contributed by atoms with van der Waals surface area (Å²) in [6, 6.07) is 8.27. The molecule has 0 aliphatic rings. The Kier molecular flexibility index (Phi) is 4.61. The van der Waals surface area contributed by atoms with Crippen LogP contribution in [0.15, 0.2) is 51.8 Å². The Balaban J connectivity index is 2.44. The molecule has 0 radical (unpaired) electrons. The van der Waals surface area contributed by atoms with Gasteiger partial charge in [0.2, 0.25) is 0 Å². The molecule has 0 saturated carbocycles. The van der Waals surface area contributed by atoms with E-state index in [4.69, 9.17) is 0 Å². The fourth-order valence-electron chi connectivity index (χ4n) is 1.69. The highest BCUT2D eigenvalue weighted by Crippen LogP contribution is 2.30. The van der Waals surface area contributed by atoms with E-state index in [2.05, 4.69) is 20.7 Å². The largest absolute Gasteiger partial charge is 0.300 e. The van der Waals surface area contributed by atoms with Gasteiger partial charge >= 0.3 is 0 Å². The normalized spacial score (nSPS) is 11.0. The molecular weight excluding hydrogens is 394 g/mol. The Morgan fingerprint density at radius 3 is 2.09 bits per heavy atom. The number of hydrogen-bond acceptors (Lipinski definition) is 6. The molecule has 2 aromatic carbocycles. The van der Waals surface area contributed by atoms with Crippen molar-refractivity contribution in [2.75, 3.05) is 4.72 Å². The van der Waals surface area contributed by atoms with Gasteiger partial charge in [0.05, 0.1) is 20.8 Å². The van der Waals surface area contributed by atoms with E-state index in [1.807, 2.05) is 0 Å². The maximum atomic E-state index is 12.2. The quantitative estimate of drug-likeness (QED) is 0.604. The van der Waals surface area contributed by atoms with Crippen LogP contribution < -0.4 is 4.72 Å². The number of benzene rings is 2. The number of nitrogens with one attached hydrogen (secondary N) is 1. The first-order valence-corrected chi connectivity index (χ1v) is 8.19. The summed E-state index contributed by atoms with van der Waals surface area (Å²) in [6.45, 7) is 0. The smallest absolute Gasteiger partial charge is 0.273 e. The van der Waals surface area contributed by atoms with E-state index < -0.39 is 31.2 Å². The molecule has 0 aromatic heterocycles. The predicted molar refractivity (Wildman–Crippen MR) is 84.7 cm³/mol. The number of rotatable bonds is 5. The number of halogens is 1. The second kappa shape index (κ2) is 6.30. The number of hydrogen-bond donors (Lipinski definition) is 1. The molecule has 2 rings (SSSR count). The first-order valence-electron chi connectivity index (χ1n) is 5.92. The Labute approximate surface area is 138 Å². The van der Waals surface area contributed by atoms with E-state index in [9.17, 15) is 28.6 Å². The van der Waals surface area contributed by atoms with Crippen LogP contribution in [0.4, 0.5) is 17.1 Å². The average molecular weight is 402 g/mol. The van der Waals surface area contributed by atoms with Crippen molar-refractivity contribution in [1.82, 2.24) is 0 Å². The third kappa shape index (κ3) is 3.81. The van der Waals surface area contributed by atoms with E-state index in [0.29, 0.717) is 10.5 Å². The zero-order chi connectivity index (χ0) is 17.2. The van der Waals surface area contributed by atoms with Crippen LogP contribution in [0.5, 0.6) is 0 Å². The van der Waals surface area contributed by atoms with Crippen LogP contribution in [0.2, 0.25) is 0 Å². The molecule has 1 N–H and O–H groups in total. The molecular formula is C12H8BrN3O6S. The van der Waals surface area contributed by atoms with Crippen molar-refractivity contribution in [3.8, 4) is 0 Å². The molecule has 0 atom stereocenters. The summed E-state index contributed by atoms with van der Waals surface area (Å²) in [5.74, 6) is 0. The molecule has 0 aliphatic heterocycles. The third-order valence-corrected chi connectivity index (χ3v) is 4.67. The van der Waals surface area contributed by atoms with Gasteiger partial charge in [-0.15, -0.1) is 0 Å². The van der Waals surface area contributed by atoms with Gasteiger partial charge in [0.25, 0.3) is 21.4 Å². The summed E-state index contributed by atoms with van der Waals surface area (Å²) in [5.41, 5.74) is -1.58. The van der Waals surface area contributed by atoms with Crippen molar-refractivity contribution in [3.05, 3.63) is 67.2 Å². The van der Waals surface area contributed by atoms with Crippen LogP contribution in [0.1, 0.15) is 0 Å². The van der Waals surface area contributed by atoms with Crippen LogP contribution in [-0.2, 0) is 10.0 Å². The summed E-state index contributed by atoms with van der Waals surface area (Å²) in [5, 5.41) is 21.7. The molecule has 0 bridgehead atoms. The monoisotopic (exact) mass is 401 g/mol. The first-order chi connectivity index (χ1) is 10.7. The van der Waals surface area contributed by atoms with Crippen molar-refractivity contribution >= 4 is 43.0 Å². The topological polar surface area (TPSA) is 132 Å². The van der Waals surface area contributed by atoms with E-state index >= 15 is 0 Å². The van der Waals surface area contributed by atoms with Gasteiger partial charge in [-0.1, -0.05) is 15.9 Å². The Morgan fingerprint density at radius 1 is 0.957 bits per heavy atom. The zero-order valence-corrected chi connectivity index (χ0v) is 13.6. The van der Waals surface area contributed by atoms with Crippen LogP contribution >= 0.6 is 15.9 Å². The fraction of sp³-hybridized carbons (Fsp3) is 0. The van der Waals surface area contributed by atoms with Crippen molar-refractivity contribution in [2.24, 2.45) is 0 Å². The summed E-state index contributed by atoms with van der Waals surface area (Å²) in [6.07, 6.45) is 0. The summed E-state index contributed by atoms with van der Waals surface area (Å²) in [4.78, 5) is 19.9. The number of nitrogens with zero attached hydrogens (tertiary/aromatic N) is 2. The Bertz CT molecular complexity index is 882. The van der Waals surface area contributed by atoms with E-state index in [1.165, 1.54) is 24.3 Å². The number of sulfonamides is 1. The highest BCUT2D eigenvalue weighted by molar-refractivity contribution is 9.10. The summed E-state index contributed by atoms with van der Waals surface area (Å²) in [7, 11) is -4.06. The van der Waals surface area contributed by atoms with Crippen molar-refractivity contribution in [2.45, 2.75) is 4.90 Å². The number of nitro benzene ring substituents is 2. The molecule has 0 heterocycles. The van der Waals surface area contributed by atoms with Gasteiger partial charge < -0.3 is 0 Å². The third-order valence-electron chi connectivity index (χ3n) is 2.76. The van der Waals surface area contributed by atoms with Gasteiger partial charge in [-0.2, -0.15) is 0 Å². The number of anilines is 1. The molecule has 0 amide bonds.